The van der Waals surface area contributed by atoms with Gasteiger partial charge < -0.3 is 21.9 Å². The highest BCUT2D eigenvalue weighted by Gasteiger charge is 2.24. The molecule has 0 aliphatic rings. The first-order chi connectivity index (χ1) is 9.36. The summed E-state index contributed by atoms with van der Waals surface area (Å²) in [5.41, 5.74) is 14.8. The van der Waals surface area contributed by atoms with E-state index in [2.05, 4.69) is 14.7 Å². The number of nitrogens with two attached hydrogens (primary N) is 3. The fourth-order valence-corrected chi connectivity index (χ4v) is 1.37. The van der Waals surface area contributed by atoms with Crippen molar-refractivity contribution in [1.82, 2.24) is 0 Å². The van der Waals surface area contributed by atoms with E-state index in [1.807, 2.05) is 0 Å². The van der Waals surface area contributed by atoms with Gasteiger partial charge in [-0.2, -0.15) is 4.99 Å². The number of rotatable bonds is 3. The van der Waals surface area contributed by atoms with Crippen LogP contribution in [0, 0.1) is 10.1 Å². The Hall–Kier alpha value is -3.17. The van der Waals surface area contributed by atoms with Crippen LogP contribution in [0.3, 0.4) is 0 Å². The SMILES string of the molecule is COC(=O)c1c(N=C(N)N=C(N)N)cccc1[N+](=O)[O-]. The molecule has 1 aromatic rings. The molecule has 6 N–H and O–H groups in total. The van der Waals surface area contributed by atoms with Crippen LogP contribution in [0.1, 0.15) is 10.4 Å². The molecule has 1 rings (SSSR count). The van der Waals surface area contributed by atoms with Crippen LogP contribution in [-0.4, -0.2) is 29.9 Å². The van der Waals surface area contributed by atoms with Gasteiger partial charge in [-0.15, -0.1) is 0 Å². The van der Waals surface area contributed by atoms with Crippen molar-refractivity contribution in [3.63, 3.8) is 0 Å². The second kappa shape index (κ2) is 6.13. The molecule has 0 atom stereocenters. The number of hydrogen-bond donors (Lipinski definition) is 3. The second-order valence-electron chi connectivity index (χ2n) is 3.43. The lowest BCUT2D eigenvalue weighted by Crippen LogP contribution is -2.26. The number of nitro benzene ring substituents is 1. The van der Waals surface area contributed by atoms with Gasteiger partial charge in [0, 0.05) is 6.07 Å². The molecule has 0 unspecified atom stereocenters. The highest BCUT2D eigenvalue weighted by molar-refractivity contribution is 6.01. The van der Waals surface area contributed by atoms with Crippen LogP contribution in [0.4, 0.5) is 11.4 Å². The smallest absolute Gasteiger partial charge is 0.347 e. The van der Waals surface area contributed by atoms with Crippen LogP contribution in [0.5, 0.6) is 0 Å². The van der Waals surface area contributed by atoms with Crippen molar-refractivity contribution in [2.45, 2.75) is 0 Å². The summed E-state index contributed by atoms with van der Waals surface area (Å²) in [7, 11) is 1.09. The molecule has 10 heteroatoms. The number of carbonyl (C=O) groups excluding carboxylic acids is 1. The molecule has 0 aliphatic heterocycles. The van der Waals surface area contributed by atoms with Gasteiger partial charge in [0.25, 0.3) is 5.69 Å². The third-order valence-electron chi connectivity index (χ3n) is 2.09. The zero-order valence-electron chi connectivity index (χ0n) is 10.4. The minimum atomic E-state index is -0.923. The molecule has 20 heavy (non-hydrogen) atoms. The second-order valence-corrected chi connectivity index (χ2v) is 3.43. The maximum absolute atomic E-state index is 11.6. The minimum Gasteiger partial charge on any atom is -0.465 e. The van der Waals surface area contributed by atoms with Crippen LogP contribution in [0.25, 0.3) is 0 Å². The van der Waals surface area contributed by atoms with E-state index >= 15 is 0 Å². The molecule has 0 amide bonds. The lowest BCUT2D eigenvalue weighted by molar-refractivity contribution is -0.385. The first-order valence-corrected chi connectivity index (χ1v) is 5.16. The fourth-order valence-electron chi connectivity index (χ4n) is 1.37. The maximum Gasteiger partial charge on any atom is 0.347 e. The van der Waals surface area contributed by atoms with Gasteiger partial charge in [0.1, 0.15) is 0 Å². The molecule has 0 saturated heterocycles. The average Bonchev–Trinajstić information content (AvgIpc) is 2.36. The molecule has 0 radical (unpaired) electrons. The summed E-state index contributed by atoms with van der Waals surface area (Å²) < 4.78 is 4.49. The topological polar surface area (TPSA) is 172 Å². The lowest BCUT2D eigenvalue weighted by atomic mass is 10.1. The van der Waals surface area contributed by atoms with Gasteiger partial charge in [0.2, 0.25) is 5.96 Å². The van der Waals surface area contributed by atoms with E-state index in [0.29, 0.717) is 0 Å². The van der Waals surface area contributed by atoms with E-state index in [1.54, 1.807) is 0 Å². The van der Waals surface area contributed by atoms with Crippen LogP contribution in [0.2, 0.25) is 0 Å². The Kier molecular flexibility index (Phi) is 4.56. The molecule has 0 spiro atoms. The largest absolute Gasteiger partial charge is 0.465 e. The van der Waals surface area contributed by atoms with Gasteiger partial charge in [-0.25, -0.2) is 9.79 Å². The third kappa shape index (κ3) is 3.41. The van der Waals surface area contributed by atoms with Crippen molar-refractivity contribution >= 4 is 29.3 Å². The summed E-state index contributed by atoms with van der Waals surface area (Å²) >= 11 is 0. The first kappa shape index (κ1) is 14.9. The van der Waals surface area contributed by atoms with Gasteiger partial charge >= 0.3 is 5.97 Å². The van der Waals surface area contributed by atoms with E-state index in [4.69, 9.17) is 17.2 Å². The van der Waals surface area contributed by atoms with Gasteiger partial charge in [-0.1, -0.05) is 6.07 Å². The number of hydrogen-bond acceptors (Lipinski definition) is 5. The monoisotopic (exact) mass is 280 g/mol. The molecular formula is C10H12N6O4. The van der Waals surface area contributed by atoms with Crippen molar-refractivity contribution in [2.24, 2.45) is 27.2 Å². The van der Waals surface area contributed by atoms with Crippen LogP contribution in [0.15, 0.2) is 28.2 Å². The lowest BCUT2D eigenvalue weighted by Gasteiger charge is -2.04. The van der Waals surface area contributed by atoms with Crippen LogP contribution in [-0.2, 0) is 4.74 Å². The summed E-state index contributed by atoms with van der Waals surface area (Å²) in [6.45, 7) is 0. The molecule has 0 aliphatic carbocycles. The summed E-state index contributed by atoms with van der Waals surface area (Å²) in [4.78, 5) is 29.0. The number of esters is 1. The molecule has 1 aromatic carbocycles. The molecule has 10 nitrogen and oxygen atoms in total. The van der Waals surface area contributed by atoms with E-state index in [-0.39, 0.29) is 23.2 Å². The van der Waals surface area contributed by atoms with Crippen LogP contribution < -0.4 is 17.2 Å². The number of nitrogens with zero attached hydrogens (tertiary/aromatic N) is 3. The van der Waals surface area contributed by atoms with E-state index in [0.717, 1.165) is 13.2 Å². The normalized spacial score (nSPS) is 10.8. The van der Waals surface area contributed by atoms with Crippen molar-refractivity contribution in [3.8, 4) is 0 Å². The number of benzene rings is 1. The van der Waals surface area contributed by atoms with E-state index < -0.39 is 16.6 Å². The molecule has 106 valence electrons. The Balaban J connectivity index is 3.47. The highest BCUT2D eigenvalue weighted by atomic mass is 16.6. The molecular weight excluding hydrogens is 268 g/mol. The molecule has 0 heterocycles. The molecule has 0 fully saturated rings. The van der Waals surface area contributed by atoms with Crippen molar-refractivity contribution in [1.29, 1.82) is 0 Å². The van der Waals surface area contributed by atoms with Gasteiger partial charge in [-0.3, -0.25) is 10.1 Å². The van der Waals surface area contributed by atoms with Gasteiger partial charge in [0.05, 0.1) is 17.7 Å². The predicted octanol–water partition coefficient (Wildman–Crippen LogP) is -0.399. The molecule has 0 aromatic heterocycles. The number of guanidine groups is 2. The number of ether oxygens (including phenoxy) is 1. The minimum absolute atomic E-state index is 0.0754. The summed E-state index contributed by atoms with van der Waals surface area (Å²) in [5, 5.41) is 10.9. The predicted molar refractivity (Wildman–Crippen MR) is 71.5 cm³/mol. The quantitative estimate of drug-likeness (QED) is 0.222. The van der Waals surface area contributed by atoms with E-state index in [9.17, 15) is 14.9 Å². The van der Waals surface area contributed by atoms with Crippen molar-refractivity contribution in [2.75, 3.05) is 7.11 Å². The Labute approximate surface area is 113 Å². The summed E-state index contributed by atoms with van der Waals surface area (Å²) in [6.07, 6.45) is 0. The summed E-state index contributed by atoms with van der Waals surface area (Å²) in [6, 6.07) is 3.82. The first-order valence-electron chi connectivity index (χ1n) is 5.16. The average molecular weight is 280 g/mol. The summed E-state index contributed by atoms with van der Waals surface area (Å²) in [5.74, 6) is -1.61. The Morgan fingerprint density at radius 2 is 2.00 bits per heavy atom. The van der Waals surface area contributed by atoms with Crippen molar-refractivity contribution in [3.05, 3.63) is 33.9 Å². The van der Waals surface area contributed by atoms with Gasteiger partial charge in [0.15, 0.2) is 11.5 Å². The van der Waals surface area contributed by atoms with Crippen LogP contribution >= 0.6 is 0 Å². The Morgan fingerprint density at radius 1 is 1.35 bits per heavy atom. The van der Waals surface area contributed by atoms with E-state index in [1.165, 1.54) is 12.1 Å². The highest BCUT2D eigenvalue weighted by Crippen LogP contribution is 2.29. The molecule has 0 bridgehead atoms. The van der Waals surface area contributed by atoms with Crippen molar-refractivity contribution < 1.29 is 14.5 Å². The Bertz CT molecular complexity index is 606. The third-order valence-corrected chi connectivity index (χ3v) is 2.09. The zero-order chi connectivity index (χ0) is 15.3. The van der Waals surface area contributed by atoms with Gasteiger partial charge in [-0.05, 0) is 6.07 Å². The number of methoxy groups -OCH3 is 1. The Morgan fingerprint density at radius 3 is 2.50 bits per heavy atom. The number of nitro groups is 1. The maximum atomic E-state index is 11.6. The number of carbonyl (C=O) groups is 1. The molecule has 0 saturated carbocycles. The standard InChI is InChI=1S/C10H12N6O4/c1-20-8(17)7-5(14-10(13)15-9(11)12)3-2-4-6(7)16(18)19/h2-4H,1H3,(H6,11,12,13,14,15). The number of aliphatic imine (C=N–C) groups is 2. The fraction of sp³-hybridized carbons (Fsp3) is 0.100. The zero-order valence-corrected chi connectivity index (χ0v) is 10.4.